The SMILES string of the molecule is SCCNCCc1ccc2c(c1)OCCCO2. The first kappa shape index (κ1) is 12.6. The predicted octanol–water partition coefficient (Wildman–Crippen LogP) is 1.91. The lowest BCUT2D eigenvalue weighted by Crippen LogP contribution is -2.19. The second kappa shape index (κ2) is 6.77. The van der Waals surface area contributed by atoms with Crippen LogP contribution >= 0.6 is 12.6 Å². The van der Waals surface area contributed by atoms with Crippen LogP contribution in [0.3, 0.4) is 0 Å². The van der Waals surface area contributed by atoms with Gasteiger partial charge in [-0.2, -0.15) is 12.6 Å². The number of benzene rings is 1. The Kier molecular flexibility index (Phi) is 5.01. The molecule has 0 bridgehead atoms. The van der Waals surface area contributed by atoms with Gasteiger partial charge in [0.15, 0.2) is 11.5 Å². The molecule has 1 N–H and O–H groups in total. The summed E-state index contributed by atoms with van der Waals surface area (Å²) in [6, 6.07) is 6.20. The highest BCUT2D eigenvalue weighted by Crippen LogP contribution is 2.30. The summed E-state index contributed by atoms with van der Waals surface area (Å²) in [6.45, 7) is 3.41. The van der Waals surface area contributed by atoms with Crippen LogP contribution in [0.15, 0.2) is 18.2 Å². The first-order chi connectivity index (χ1) is 8.40. The molecule has 94 valence electrons. The molecule has 17 heavy (non-hydrogen) atoms. The van der Waals surface area contributed by atoms with Gasteiger partial charge in [0.25, 0.3) is 0 Å². The smallest absolute Gasteiger partial charge is 0.161 e. The molecule has 1 aliphatic rings. The lowest BCUT2D eigenvalue weighted by molar-refractivity contribution is 0.297. The quantitative estimate of drug-likeness (QED) is 0.621. The number of ether oxygens (including phenoxy) is 2. The molecule has 0 aliphatic carbocycles. The normalized spacial score (nSPS) is 14.4. The first-order valence-electron chi connectivity index (χ1n) is 6.10. The molecule has 1 aromatic rings. The van der Waals surface area contributed by atoms with Crippen LogP contribution in [-0.4, -0.2) is 32.1 Å². The summed E-state index contributed by atoms with van der Waals surface area (Å²) in [4.78, 5) is 0. The number of hydrogen-bond donors (Lipinski definition) is 2. The second-order valence-electron chi connectivity index (χ2n) is 4.06. The average molecular weight is 253 g/mol. The van der Waals surface area contributed by atoms with Crippen molar-refractivity contribution in [2.45, 2.75) is 12.8 Å². The van der Waals surface area contributed by atoms with Crippen molar-refractivity contribution in [3.05, 3.63) is 23.8 Å². The van der Waals surface area contributed by atoms with Crippen molar-refractivity contribution in [3.8, 4) is 11.5 Å². The van der Waals surface area contributed by atoms with Gasteiger partial charge in [-0.25, -0.2) is 0 Å². The van der Waals surface area contributed by atoms with Gasteiger partial charge in [-0.3, -0.25) is 0 Å². The van der Waals surface area contributed by atoms with E-state index in [9.17, 15) is 0 Å². The number of nitrogens with one attached hydrogen (secondary N) is 1. The molecule has 0 saturated heterocycles. The number of hydrogen-bond acceptors (Lipinski definition) is 4. The Morgan fingerprint density at radius 3 is 2.76 bits per heavy atom. The van der Waals surface area contributed by atoms with E-state index in [1.165, 1.54) is 5.56 Å². The summed E-state index contributed by atoms with van der Waals surface area (Å²) < 4.78 is 11.3. The van der Waals surface area contributed by atoms with E-state index in [4.69, 9.17) is 9.47 Å². The van der Waals surface area contributed by atoms with Crippen LogP contribution in [0.1, 0.15) is 12.0 Å². The molecule has 0 fully saturated rings. The Hall–Kier alpha value is -0.870. The van der Waals surface area contributed by atoms with E-state index in [2.05, 4.69) is 30.1 Å². The highest BCUT2D eigenvalue weighted by molar-refractivity contribution is 7.80. The molecule has 0 radical (unpaired) electrons. The van der Waals surface area contributed by atoms with Gasteiger partial charge >= 0.3 is 0 Å². The molecule has 0 amide bonds. The van der Waals surface area contributed by atoms with Crippen LogP contribution in [0.5, 0.6) is 11.5 Å². The highest BCUT2D eigenvalue weighted by Gasteiger charge is 2.10. The molecular formula is C13H19NO2S. The zero-order valence-corrected chi connectivity index (χ0v) is 10.8. The van der Waals surface area contributed by atoms with Crippen LogP contribution in [0.2, 0.25) is 0 Å². The fraction of sp³-hybridized carbons (Fsp3) is 0.538. The predicted molar refractivity (Wildman–Crippen MR) is 72.5 cm³/mol. The molecule has 0 aromatic heterocycles. The lowest BCUT2D eigenvalue weighted by Gasteiger charge is -2.09. The first-order valence-corrected chi connectivity index (χ1v) is 6.73. The molecule has 1 aromatic carbocycles. The lowest BCUT2D eigenvalue weighted by atomic mass is 10.1. The van der Waals surface area contributed by atoms with Crippen molar-refractivity contribution in [1.29, 1.82) is 0 Å². The number of fused-ring (bicyclic) bond motifs is 1. The minimum absolute atomic E-state index is 0.744. The van der Waals surface area contributed by atoms with Crippen LogP contribution in [-0.2, 0) is 6.42 Å². The van der Waals surface area contributed by atoms with Crippen molar-refractivity contribution in [2.24, 2.45) is 0 Å². The zero-order chi connectivity index (χ0) is 11.9. The molecule has 1 aliphatic heterocycles. The molecule has 2 rings (SSSR count). The maximum atomic E-state index is 5.66. The third kappa shape index (κ3) is 3.82. The van der Waals surface area contributed by atoms with Crippen LogP contribution in [0.4, 0.5) is 0 Å². The minimum atomic E-state index is 0.744. The molecule has 1 heterocycles. The topological polar surface area (TPSA) is 30.5 Å². The van der Waals surface area contributed by atoms with Gasteiger partial charge in [0.05, 0.1) is 13.2 Å². The summed E-state index contributed by atoms with van der Waals surface area (Å²) in [5.41, 5.74) is 1.28. The van der Waals surface area contributed by atoms with E-state index < -0.39 is 0 Å². The fourth-order valence-electron chi connectivity index (χ4n) is 1.80. The molecule has 0 unspecified atom stereocenters. The largest absolute Gasteiger partial charge is 0.490 e. The van der Waals surface area contributed by atoms with Gasteiger partial charge in [-0.1, -0.05) is 6.07 Å². The standard InChI is InChI=1S/C13H19NO2S/c17-9-6-14-5-4-11-2-3-12-13(10-11)16-8-1-7-15-12/h2-3,10,14,17H,1,4-9H2. The van der Waals surface area contributed by atoms with Crippen molar-refractivity contribution < 1.29 is 9.47 Å². The monoisotopic (exact) mass is 253 g/mol. The van der Waals surface area contributed by atoms with Gasteiger partial charge in [-0.05, 0) is 30.7 Å². The average Bonchev–Trinajstić information content (AvgIpc) is 2.59. The van der Waals surface area contributed by atoms with E-state index >= 15 is 0 Å². The van der Waals surface area contributed by atoms with E-state index in [1.807, 2.05) is 6.07 Å². The van der Waals surface area contributed by atoms with E-state index in [1.54, 1.807) is 0 Å². The second-order valence-corrected chi connectivity index (χ2v) is 4.50. The van der Waals surface area contributed by atoms with E-state index in [-0.39, 0.29) is 0 Å². The Morgan fingerprint density at radius 1 is 1.12 bits per heavy atom. The van der Waals surface area contributed by atoms with Gasteiger partial charge < -0.3 is 14.8 Å². The summed E-state index contributed by atoms with van der Waals surface area (Å²) >= 11 is 4.16. The van der Waals surface area contributed by atoms with Gasteiger partial charge in [0, 0.05) is 18.7 Å². The van der Waals surface area contributed by atoms with Gasteiger partial charge in [0.1, 0.15) is 0 Å². The Labute approximate surface area is 108 Å². The maximum absolute atomic E-state index is 5.66. The molecular weight excluding hydrogens is 234 g/mol. The minimum Gasteiger partial charge on any atom is -0.490 e. The summed E-state index contributed by atoms with van der Waals surface area (Å²) in [5, 5.41) is 3.33. The van der Waals surface area contributed by atoms with E-state index in [0.717, 1.165) is 56.4 Å². The van der Waals surface area contributed by atoms with Crippen LogP contribution in [0, 0.1) is 0 Å². The fourth-order valence-corrected chi connectivity index (χ4v) is 1.96. The van der Waals surface area contributed by atoms with Crippen LogP contribution < -0.4 is 14.8 Å². The number of rotatable bonds is 5. The third-order valence-electron chi connectivity index (χ3n) is 2.69. The molecule has 4 heteroatoms. The maximum Gasteiger partial charge on any atom is 0.161 e. The van der Waals surface area contributed by atoms with Crippen molar-refractivity contribution in [3.63, 3.8) is 0 Å². The van der Waals surface area contributed by atoms with Crippen molar-refractivity contribution in [2.75, 3.05) is 32.1 Å². The Balaban J connectivity index is 1.93. The summed E-state index contributed by atoms with van der Waals surface area (Å²) in [5.74, 6) is 2.63. The Bertz CT molecular complexity index is 357. The van der Waals surface area contributed by atoms with Crippen molar-refractivity contribution in [1.82, 2.24) is 5.32 Å². The molecule has 0 saturated carbocycles. The zero-order valence-electron chi connectivity index (χ0n) is 9.95. The third-order valence-corrected chi connectivity index (χ3v) is 2.91. The molecule has 0 spiro atoms. The number of thiol groups is 1. The summed E-state index contributed by atoms with van der Waals surface area (Å²) in [6.07, 6.45) is 1.96. The molecule has 0 atom stereocenters. The van der Waals surface area contributed by atoms with Crippen molar-refractivity contribution >= 4 is 12.6 Å². The molecule has 3 nitrogen and oxygen atoms in total. The van der Waals surface area contributed by atoms with E-state index in [0.29, 0.717) is 0 Å². The summed E-state index contributed by atoms with van der Waals surface area (Å²) in [7, 11) is 0. The van der Waals surface area contributed by atoms with Crippen LogP contribution in [0.25, 0.3) is 0 Å². The Morgan fingerprint density at radius 2 is 1.94 bits per heavy atom. The van der Waals surface area contributed by atoms with Gasteiger partial charge in [0.2, 0.25) is 0 Å². The highest BCUT2D eigenvalue weighted by atomic mass is 32.1. The van der Waals surface area contributed by atoms with Gasteiger partial charge in [-0.15, -0.1) is 0 Å².